The van der Waals surface area contributed by atoms with Crippen molar-refractivity contribution in [1.29, 1.82) is 0 Å². The van der Waals surface area contributed by atoms with Crippen LogP contribution in [0.2, 0.25) is 0 Å². The maximum atomic E-state index is 11.9. The van der Waals surface area contributed by atoms with Crippen molar-refractivity contribution >= 4 is 30.1 Å². The molecule has 0 aromatic rings. The zero-order chi connectivity index (χ0) is 11.5. The molecule has 0 aromatic carbocycles. The molecule has 0 bridgehead atoms. The third-order valence-corrected chi connectivity index (χ3v) is 2.82. The van der Waals surface area contributed by atoms with Gasteiger partial charge in [0, 0.05) is 11.6 Å². The molecule has 1 saturated heterocycles. The Balaban J connectivity index is 0.00000225. The van der Waals surface area contributed by atoms with Crippen molar-refractivity contribution in [2.24, 2.45) is 0 Å². The molecule has 96 valence electrons. The Morgan fingerprint density at radius 3 is 2.69 bits per heavy atom. The van der Waals surface area contributed by atoms with Gasteiger partial charge in [-0.1, -0.05) is 0 Å². The molecule has 0 aliphatic carbocycles. The van der Waals surface area contributed by atoms with E-state index in [2.05, 4.69) is 5.32 Å². The quantitative estimate of drug-likeness (QED) is 0.687. The first-order chi connectivity index (χ1) is 6.91. The molecule has 1 aliphatic rings. The highest BCUT2D eigenvalue weighted by Crippen LogP contribution is 2.19. The van der Waals surface area contributed by atoms with Crippen LogP contribution in [-0.2, 0) is 4.79 Å². The summed E-state index contributed by atoms with van der Waals surface area (Å²) in [4.78, 5) is 11.2. The number of carbonyl (C=O) groups excluding carboxylic acids is 1. The molecule has 1 amide bonds. The Hall–Kier alpha value is -0.180. The van der Waals surface area contributed by atoms with Crippen LogP contribution < -0.4 is 10.6 Å². The number of hydrogen-bond acceptors (Lipinski definition) is 4. The highest BCUT2D eigenvalue weighted by Gasteiger charge is 2.38. The number of thioether (sulfide) groups is 1. The van der Waals surface area contributed by atoms with Gasteiger partial charge < -0.3 is 10.4 Å². The predicted molar refractivity (Wildman–Crippen MR) is 56.6 cm³/mol. The van der Waals surface area contributed by atoms with Crippen molar-refractivity contribution < 1.29 is 23.1 Å². The largest absolute Gasteiger partial charge is 0.416 e. The van der Waals surface area contributed by atoms with Gasteiger partial charge in [-0.05, 0) is 0 Å². The summed E-state index contributed by atoms with van der Waals surface area (Å²) in [6, 6.07) is -0.463. The minimum absolute atomic E-state index is 0. The summed E-state index contributed by atoms with van der Waals surface area (Å²) in [6.07, 6.45) is -7.19. The first-order valence-corrected chi connectivity index (χ1v) is 5.40. The van der Waals surface area contributed by atoms with Crippen LogP contribution in [0.5, 0.6) is 0 Å². The summed E-state index contributed by atoms with van der Waals surface area (Å²) in [5.74, 6) is 0.636. The number of alkyl halides is 3. The number of aliphatic hydroxyl groups excluding tert-OH is 1. The molecular formula is C7H12ClF3N2O2S. The average Bonchev–Trinajstić information content (AvgIpc) is 2.64. The Bertz CT molecular complexity index is 236. The smallest absolute Gasteiger partial charge is 0.382 e. The third-order valence-electron chi connectivity index (χ3n) is 1.88. The van der Waals surface area contributed by atoms with E-state index in [1.807, 2.05) is 5.32 Å². The third kappa shape index (κ3) is 4.77. The van der Waals surface area contributed by atoms with E-state index in [1.165, 1.54) is 11.8 Å². The fraction of sp³-hybridized carbons (Fsp3) is 0.857. The van der Waals surface area contributed by atoms with E-state index in [0.717, 1.165) is 0 Å². The minimum atomic E-state index is -4.69. The molecule has 0 aromatic heterocycles. The van der Waals surface area contributed by atoms with Gasteiger partial charge in [0.05, 0.1) is 12.6 Å². The van der Waals surface area contributed by atoms with Crippen molar-refractivity contribution in [3.8, 4) is 0 Å². The van der Waals surface area contributed by atoms with Gasteiger partial charge in [-0.2, -0.15) is 13.2 Å². The lowest BCUT2D eigenvalue weighted by Crippen LogP contribution is -2.47. The van der Waals surface area contributed by atoms with Gasteiger partial charge in [0.1, 0.15) is 0 Å². The molecule has 0 spiro atoms. The summed E-state index contributed by atoms with van der Waals surface area (Å²) < 4.78 is 35.6. The second-order valence-corrected chi connectivity index (χ2v) is 4.10. The molecular weight excluding hydrogens is 269 g/mol. The standard InChI is InChI=1S/C7H11F3N2O2S.ClH/c8-7(9,10)5(13)1-11-6(14)4-2-15-3-12-4;/h4-5,12-13H,1-3H2,(H,11,14);1H/t4-,5?;/m1./s1. The number of aliphatic hydroxyl groups is 1. The summed E-state index contributed by atoms with van der Waals surface area (Å²) in [6.45, 7) is -0.800. The minimum Gasteiger partial charge on any atom is -0.382 e. The van der Waals surface area contributed by atoms with Crippen LogP contribution >= 0.6 is 24.2 Å². The van der Waals surface area contributed by atoms with E-state index in [1.54, 1.807) is 0 Å². The van der Waals surface area contributed by atoms with Gasteiger partial charge in [-0.15, -0.1) is 24.2 Å². The Morgan fingerprint density at radius 2 is 2.25 bits per heavy atom. The Labute approximate surface area is 101 Å². The van der Waals surface area contributed by atoms with Crippen LogP contribution in [0.1, 0.15) is 0 Å². The summed E-state index contributed by atoms with van der Waals surface area (Å²) in [7, 11) is 0. The van der Waals surface area contributed by atoms with Gasteiger partial charge in [0.15, 0.2) is 6.10 Å². The number of nitrogens with one attached hydrogen (secondary N) is 2. The second-order valence-electron chi connectivity index (χ2n) is 3.07. The lowest BCUT2D eigenvalue weighted by Gasteiger charge is -2.16. The van der Waals surface area contributed by atoms with Gasteiger partial charge >= 0.3 is 6.18 Å². The molecule has 1 aliphatic heterocycles. The molecule has 1 unspecified atom stereocenters. The topological polar surface area (TPSA) is 61.4 Å². The van der Waals surface area contributed by atoms with Crippen LogP contribution in [0.4, 0.5) is 13.2 Å². The molecule has 1 rings (SSSR count). The number of carbonyl (C=O) groups is 1. The monoisotopic (exact) mass is 280 g/mol. The predicted octanol–water partition coefficient (Wildman–Crippen LogP) is 0.110. The average molecular weight is 281 g/mol. The van der Waals surface area contributed by atoms with Crippen LogP contribution in [0, 0.1) is 0 Å². The maximum absolute atomic E-state index is 11.9. The van der Waals surface area contributed by atoms with Crippen molar-refractivity contribution in [2.75, 3.05) is 18.2 Å². The van der Waals surface area contributed by atoms with Crippen molar-refractivity contribution in [3.63, 3.8) is 0 Å². The van der Waals surface area contributed by atoms with E-state index in [4.69, 9.17) is 5.11 Å². The van der Waals surface area contributed by atoms with E-state index in [-0.39, 0.29) is 12.4 Å². The number of amides is 1. The fourth-order valence-corrected chi connectivity index (χ4v) is 1.94. The van der Waals surface area contributed by atoms with Crippen molar-refractivity contribution in [1.82, 2.24) is 10.6 Å². The van der Waals surface area contributed by atoms with E-state index >= 15 is 0 Å². The molecule has 9 heteroatoms. The summed E-state index contributed by atoms with van der Waals surface area (Å²) >= 11 is 1.49. The van der Waals surface area contributed by atoms with Crippen LogP contribution in [0.15, 0.2) is 0 Å². The highest BCUT2D eigenvalue weighted by atomic mass is 35.5. The molecule has 3 N–H and O–H groups in total. The van der Waals surface area contributed by atoms with E-state index in [0.29, 0.717) is 11.6 Å². The number of hydrogen-bond donors (Lipinski definition) is 3. The maximum Gasteiger partial charge on any atom is 0.416 e. The molecule has 2 atom stereocenters. The molecule has 1 fully saturated rings. The normalized spacial score (nSPS) is 22.4. The molecule has 1 heterocycles. The zero-order valence-electron chi connectivity index (χ0n) is 8.08. The first-order valence-electron chi connectivity index (χ1n) is 4.25. The van der Waals surface area contributed by atoms with Crippen LogP contribution in [-0.4, -0.2) is 47.5 Å². The molecule has 0 saturated carbocycles. The second kappa shape index (κ2) is 6.53. The fourth-order valence-electron chi connectivity index (χ4n) is 1.000. The van der Waals surface area contributed by atoms with Crippen molar-refractivity contribution in [3.05, 3.63) is 0 Å². The number of halogens is 4. The lowest BCUT2D eigenvalue weighted by atomic mass is 10.3. The highest BCUT2D eigenvalue weighted by molar-refractivity contribution is 7.99. The van der Waals surface area contributed by atoms with Gasteiger partial charge in [0.25, 0.3) is 0 Å². The Morgan fingerprint density at radius 1 is 1.62 bits per heavy atom. The first kappa shape index (κ1) is 15.8. The summed E-state index contributed by atoms with van der Waals surface area (Å²) in [5.41, 5.74) is 0. The van der Waals surface area contributed by atoms with Crippen LogP contribution in [0.25, 0.3) is 0 Å². The molecule has 16 heavy (non-hydrogen) atoms. The molecule has 4 nitrogen and oxygen atoms in total. The molecule has 0 radical (unpaired) electrons. The number of rotatable bonds is 3. The Kier molecular flexibility index (Phi) is 6.46. The summed E-state index contributed by atoms with van der Waals surface area (Å²) in [5, 5.41) is 13.5. The SMILES string of the molecule is Cl.O=C(NCC(O)C(F)(F)F)[C@H]1CSCN1. The van der Waals surface area contributed by atoms with E-state index < -0.39 is 30.8 Å². The van der Waals surface area contributed by atoms with Gasteiger partial charge in [-0.25, -0.2) is 0 Å². The lowest BCUT2D eigenvalue weighted by molar-refractivity contribution is -0.201. The van der Waals surface area contributed by atoms with Gasteiger partial charge in [0.2, 0.25) is 5.91 Å². The zero-order valence-corrected chi connectivity index (χ0v) is 9.71. The van der Waals surface area contributed by atoms with Gasteiger partial charge in [-0.3, -0.25) is 10.1 Å². The van der Waals surface area contributed by atoms with Crippen molar-refractivity contribution in [2.45, 2.75) is 18.3 Å². The van der Waals surface area contributed by atoms with E-state index in [9.17, 15) is 18.0 Å². The van der Waals surface area contributed by atoms with Crippen LogP contribution in [0.3, 0.4) is 0 Å².